The lowest BCUT2D eigenvalue weighted by Crippen LogP contribution is -2.30. The van der Waals surface area contributed by atoms with Crippen LogP contribution in [0.25, 0.3) is 0 Å². The quantitative estimate of drug-likeness (QED) is 0.775. The third-order valence-corrected chi connectivity index (χ3v) is 4.01. The summed E-state index contributed by atoms with van der Waals surface area (Å²) in [6.45, 7) is 3.34. The van der Waals surface area contributed by atoms with Gasteiger partial charge in [0, 0.05) is 17.9 Å². The molecule has 3 rings (SSSR count). The molecule has 1 saturated heterocycles. The fourth-order valence-electron chi connectivity index (χ4n) is 2.93. The number of hydrogen-bond donors (Lipinski definition) is 3. The molecule has 3 N–H and O–H groups in total. The van der Waals surface area contributed by atoms with E-state index in [-0.39, 0.29) is 5.91 Å². The van der Waals surface area contributed by atoms with Crippen LogP contribution < -0.4 is 16.0 Å². The molecule has 0 saturated carbocycles. The van der Waals surface area contributed by atoms with Crippen molar-refractivity contribution in [3.8, 4) is 0 Å². The van der Waals surface area contributed by atoms with Gasteiger partial charge in [-0.1, -0.05) is 0 Å². The number of carbonyl (C=O) groups excluding carboxylic acids is 1. The molecule has 0 radical (unpaired) electrons. The van der Waals surface area contributed by atoms with Gasteiger partial charge >= 0.3 is 0 Å². The SMILES string of the molecule is O=C1Cc2cc(NCCC3CCCNC3)ccc2N1. The number of piperidine rings is 1. The van der Waals surface area contributed by atoms with E-state index < -0.39 is 0 Å². The van der Waals surface area contributed by atoms with Gasteiger partial charge in [0.25, 0.3) is 0 Å². The minimum absolute atomic E-state index is 0.0976. The molecule has 1 fully saturated rings. The minimum atomic E-state index is 0.0976. The molecule has 0 bridgehead atoms. The second-order valence-corrected chi connectivity index (χ2v) is 5.52. The van der Waals surface area contributed by atoms with Gasteiger partial charge in [0.1, 0.15) is 0 Å². The monoisotopic (exact) mass is 259 g/mol. The lowest BCUT2D eigenvalue weighted by molar-refractivity contribution is -0.115. The predicted octanol–water partition coefficient (Wildman–Crippen LogP) is 1.98. The molecule has 4 nitrogen and oxygen atoms in total. The van der Waals surface area contributed by atoms with E-state index in [2.05, 4.69) is 22.0 Å². The van der Waals surface area contributed by atoms with Gasteiger partial charge in [-0.3, -0.25) is 4.79 Å². The first-order valence-electron chi connectivity index (χ1n) is 7.18. The summed E-state index contributed by atoms with van der Waals surface area (Å²) in [4.78, 5) is 11.3. The topological polar surface area (TPSA) is 53.2 Å². The molecule has 1 unspecified atom stereocenters. The van der Waals surface area contributed by atoms with Crippen molar-refractivity contribution in [2.45, 2.75) is 25.7 Å². The van der Waals surface area contributed by atoms with Gasteiger partial charge in [0.15, 0.2) is 0 Å². The molecule has 2 aliphatic heterocycles. The van der Waals surface area contributed by atoms with E-state index in [0.29, 0.717) is 6.42 Å². The lowest BCUT2D eigenvalue weighted by atomic mass is 9.96. The molecular formula is C15H21N3O. The van der Waals surface area contributed by atoms with Crippen LogP contribution >= 0.6 is 0 Å². The van der Waals surface area contributed by atoms with Gasteiger partial charge in [0.05, 0.1) is 6.42 Å². The van der Waals surface area contributed by atoms with E-state index in [0.717, 1.165) is 35.9 Å². The second-order valence-electron chi connectivity index (χ2n) is 5.52. The maximum Gasteiger partial charge on any atom is 0.228 e. The van der Waals surface area contributed by atoms with E-state index in [1.807, 2.05) is 12.1 Å². The highest BCUT2D eigenvalue weighted by atomic mass is 16.1. The number of fused-ring (bicyclic) bond motifs is 1. The highest BCUT2D eigenvalue weighted by Crippen LogP contribution is 2.26. The van der Waals surface area contributed by atoms with Crippen molar-refractivity contribution in [2.24, 2.45) is 5.92 Å². The molecular weight excluding hydrogens is 238 g/mol. The molecule has 0 aromatic heterocycles. The highest BCUT2D eigenvalue weighted by molar-refractivity contribution is 5.99. The Kier molecular flexibility index (Phi) is 3.69. The van der Waals surface area contributed by atoms with E-state index in [1.165, 1.54) is 25.8 Å². The predicted molar refractivity (Wildman–Crippen MR) is 77.5 cm³/mol. The first-order valence-corrected chi connectivity index (χ1v) is 7.18. The number of hydrogen-bond acceptors (Lipinski definition) is 3. The van der Waals surface area contributed by atoms with Crippen LogP contribution in [0.1, 0.15) is 24.8 Å². The van der Waals surface area contributed by atoms with Crippen molar-refractivity contribution in [1.29, 1.82) is 0 Å². The molecule has 1 amide bonds. The fraction of sp³-hybridized carbons (Fsp3) is 0.533. The van der Waals surface area contributed by atoms with Crippen molar-refractivity contribution in [3.63, 3.8) is 0 Å². The Hall–Kier alpha value is -1.55. The first-order chi connectivity index (χ1) is 9.31. The van der Waals surface area contributed by atoms with Gasteiger partial charge < -0.3 is 16.0 Å². The van der Waals surface area contributed by atoms with E-state index >= 15 is 0 Å². The average Bonchev–Trinajstić information content (AvgIpc) is 2.79. The van der Waals surface area contributed by atoms with Crippen LogP contribution in [-0.2, 0) is 11.2 Å². The number of amides is 1. The molecule has 2 heterocycles. The highest BCUT2D eigenvalue weighted by Gasteiger charge is 2.17. The van der Waals surface area contributed by atoms with Crippen molar-refractivity contribution >= 4 is 17.3 Å². The van der Waals surface area contributed by atoms with Gasteiger partial charge in [-0.05, 0) is 62.0 Å². The van der Waals surface area contributed by atoms with E-state index in [9.17, 15) is 4.79 Å². The van der Waals surface area contributed by atoms with Gasteiger partial charge in [0.2, 0.25) is 5.91 Å². The largest absolute Gasteiger partial charge is 0.385 e. The summed E-state index contributed by atoms with van der Waals surface area (Å²) in [5, 5.41) is 9.78. The fourth-order valence-corrected chi connectivity index (χ4v) is 2.93. The zero-order chi connectivity index (χ0) is 13.1. The number of anilines is 2. The van der Waals surface area contributed by atoms with Crippen molar-refractivity contribution in [3.05, 3.63) is 23.8 Å². The van der Waals surface area contributed by atoms with Crippen LogP contribution in [-0.4, -0.2) is 25.5 Å². The summed E-state index contributed by atoms with van der Waals surface area (Å²) in [6.07, 6.45) is 4.37. The van der Waals surface area contributed by atoms with Gasteiger partial charge in [-0.15, -0.1) is 0 Å². The Morgan fingerprint density at radius 3 is 3.16 bits per heavy atom. The molecule has 4 heteroatoms. The summed E-state index contributed by atoms with van der Waals surface area (Å²) in [6, 6.07) is 6.13. The maximum atomic E-state index is 11.3. The Morgan fingerprint density at radius 2 is 2.32 bits per heavy atom. The van der Waals surface area contributed by atoms with Crippen LogP contribution in [0.2, 0.25) is 0 Å². The van der Waals surface area contributed by atoms with Crippen LogP contribution in [0.3, 0.4) is 0 Å². The number of carbonyl (C=O) groups is 1. The van der Waals surface area contributed by atoms with E-state index in [1.54, 1.807) is 0 Å². The van der Waals surface area contributed by atoms with Crippen molar-refractivity contribution < 1.29 is 4.79 Å². The lowest BCUT2D eigenvalue weighted by Gasteiger charge is -2.22. The van der Waals surface area contributed by atoms with Crippen molar-refractivity contribution in [2.75, 3.05) is 30.3 Å². The Bertz CT molecular complexity index is 466. The summed E-state index contributed by atoms with van der Waals surface area (Å²) in [5.41, 5.74) is 3.19. The zero-order valence-electron chi connectivity index (χ0n) is 11.2. The van der Waals surface area contributed by atoms with Crippen molar-refractivity contribution in [1.82, 2.24) is 5.32 Å². The Balaban J connectivity index is 1.50. The second kappa shape index (κ2) is 5.61. The first kappa shape index (κ1) is 12.5. The standard InChI is InChI=1S/C15H21N3O/c19-15-9-12-8-13(3-4-14(12)18-15)17-7-5-11-2-1-6-16-10-11/h3-4,8,11,16-17H,1-2,5-7,9-10H2,(H,18,19). The summed E-state index contributed by atoms with van der Waals surface area (Å²) < 4.78 is 0. The Labute approximate surface area is 114 Å². The van der Waals surface area contributed by atoms with Gasteiger partial charge in [-0.2, -0.15) is 0 Å². The third kappa shape index (κ3) is 3.07. The molecule has 102 valence electrons. The summed E-state index contributed by atoms with van der Waals surface area (Å²) >= 11 is 0. The smallest absolute Gasteiger partial charge is 0.228 e. The zero-order valence-corrected chi connectivity index (χ0v) is 11.2. The molecule has 1 aromatic carbocycles. The third-order valence-electron chi connectivity index (χ3n) is 4.01. The van der Waals surface area contributed by atoms with Gasteiger partial charge in [-0.25, -0.2) is 0 Å². The average molecular weight is 259 g/mol. The van der Waals surface area contributed by atoms with E-state index in [4.69, 9.17) is 0 Å². The number of rotatable bonds is 4. The molecule has 0 aliphatic carbocycles. The normalized spacial score (nSPS) is 21.9. The summed E-state index contributed by atoms with van der Waals surface area (Å²) in [7, 11) is 0. The van der Waals surface area contributed by atoms with Crippen LogP contribution in [0.5, 0.6) is 0 Å². The molecule has 1 atom stereocenters. The molecule has 2 aliphatic rings. The maximum absolute atomic E-state index is 11.3. The molecule has 1 aromatic rings. The molecule has 19 heavy (non-hydrogen) atoms. The van der Waals surface area contributed by atoms with Crippen LogP contribution in [0.4, 0.5) is 11.4 Å². The number of benzene rings is 1. The Morgan fingerprint density at radius 1 is 1.37 bits per heavy atom. The van der Waals surface area contributed by atoms with Crippen LogP contribution in [0, 0.1) is 5.92 Å². The minimum Gasteiger partial charge on any atom is -0.385 e. The number of nitrogens with one attached hydrogen (secondary N) is 3. The van der Waals surface area contributed by atoms with Crippen LogP contribution in [0.15, 0.2) is 18.2 Å². The molecule has 0 spiro atoms. The summed E-state index contributed by atoms with van der Waals surface area (Å²) in [5.74, 6) is 0.902.